The summed E-state index contributed by atoms with van der Waals surface area (Å²) >= 11 is 0. The van der Waals surface area contributed by atoms with E-state index in [0.717, 1.165) is 16.8 Å². The molecule has 0 aromatic heterocycles. The Morgan fingerprint density at radius 2 is 2.10 bits per heavy atom. The Balaban J connectivity index is 1.97. The number of carbonyl (C=O) groups excluding carboxylic acids is 1. The van der Waals surface area contributed by atoms with Gasteiger partial charge in [0.25, 0.3) is 0 Å². The number of nitrogens with zero attached hydrogens (tertiary/aromatic N) is 1. The largest absolute Gasteiger partial charge is 0.481 e. The fraction of sp³-hybridized carbons (Fsp3) is 0.500. The van der Waals surface area contributed by atoms with Crippen LogP contribution in [-0.4, -0.2) is 41.0 Å². The summed E-state index contributed by atoms with van der Waals surface area (Å²) in [6.45, 7) is 6.74. The highest BCUT2D eigenvalue weighted by Gasteiger charge is 2.36. The zero-order valence-electron chi connectivity index (χ0n) is 12.7. The molecule has 0 bridgehead atoms. The maximum atomic E-state index is 12.2. The summed E-state index contributed by atoms with van der Waals surface area (Å²) in [6.07, 6.45) is 0.604. The van der Waals surface area contributed by atoms with E-state index in [1.807, 2.05) is 43.9 Å². The minimum atomic E-state index is -0.778. The first-order valence-corrected chi connectivity index (χ1v) is 7.23. The van der Waals surface area contributed by atoms with E-state index in [9.17, 15) is 9.59 Å². The Labute approximate surface area is 125 Å². The van der Waals surface area contributed by atoms with Crippen molar-refractivity contribution in [2.24, 2.45) is 5.92 Å². The Kier molecular flexibility index (Phi) is 4.63. The zero-order valence-corrected chi connectivity index (χ0v) is 12.7. The molecule has 0 radical (unpaired) electrons. The van der Waals surface area contributed by atoms with E-state index >= 15 is 0 Å². The lowest BCUT2D eigenvalue weighted by Crippen LogP contribution is -2.38. The van der Waals surface area contributed by atoms with Crippen LogP contribution in [0.2, 0.25) is 0 Å². The average Bonchev–Trinajstić information content (AvgIpc) is 2.77. The summed E-state index contributed by atoms with van der Waals surface area (Å²) < 4.78 is 0. The molecule has 1 aromatic carbocycles. The number of aryl methyl sites for hydroxylation is 1. The third-order valence-corrected chi connectivity index (χ3v) is 4.43. The molecule has 2 N–H and O–H groups in total. The number of carboxylic acids is 1. The number of amides is 1. The van der Waals surface area contributed by atoms with Crippen molar-refractivity contribution < 1.29 is 14.7 Å². The van der Waals surface area contributed by atoms with Crippen molar-refractivity contribution in [3.8, 4) is 0 Å². The van der Waals surface area contributed by atoms with Crippen LogP contribution in [0.15, 0.2) is 18.2 Å². The van der Waals surface area contributed by atoms with Crippen LogP contribution >= 0.6 is 0 Å². The van der Waals surface area contributed by atoms with Crippen LogP contribution in [0.3, 0.4) is 0 Å². The minimum absolute atomic E-state index is 0.0958. The Morgan fingerprint density at radius 3 is 2.71 bits per heavy atom. The molecule has 1 aliphatic heterocycles. The number of hydrogen-bond acceptors (Lipinski definition) is 3. The van der Waals surface area contributed by atoms with Crippen LogP contribution in [0.25, 0.3) is 0 Å². The van der Waals surface area contributed by atoms with Crippen LogP contribution in [0.4, 0.5) is 5.69 Å². The van der Waals surface area contributed by atoms with E-state index in [-0.39, 0.29) is 24.4 Å². The molecular formula is C16H22N2O3. The lowest BCUT2D eigenvalue weighted by molar-refractivity contribution is -0.142. The Morgan fingerprint density at radius 1 is 1.38 bits per heavy atom. The molecule has 1 aliphatic rings. The predicted molar refractivity (Wildman–Crippen MR) is 81.3 cm³/mol. The molecule has 21 heavy (non-hydrogen) atoms. The molecule has 2 atom stereocenters. The van der Waals surface area contributed by atoms with Gasteiger partial charge in [-0.15, -0.1) is 0 Å². The van der Waals surface area contributed by atoms with Crippen molar-refractivity contribution in [2.75, 3.05) is 18.4 Å². The first-order valence-electron chi connectivity index (χ1n) is 7.23. The quantitative estimate of drug-likeness (QED) is 0.890. The van der Waals surface area contributed by atoms with Crippen molar-refractivity contribution in [1.29, 1.82) is 0 Å². The van der Waals surface area contributed by atoms with Crippen LogP contribution < -0.4 is 5.32 Å². The third-order valence-electron chi connectivity index (χ3n) is 4.43. The van der Waals surface area contributed by atoms with Gasteiger partial charge < -0.3 is 10.4 Å². The molecule has 5 heteroatoms. The molecule has 114 valence electrons. The topological polar surface area (TPSA) is 69.6 Å². The number of rotatable bonds is 4. The molecule has 1 saturated heterocycles. The van der Waals surface area contributed by atoms with Gasteiger partial charge in [-0.25, -0.2) is 0 Å². The van der Waals surface area contributed by atoms with Gasteiger partial charge in [-0.05, 0) is 50.9 Å². The molecule has 2 unspecified atom stereocenters. The van der Waals surface area contributed by atoms with E-state index in [4.69, 9.17) is 5.11 Å². The normalized spacial score (nSPS) is 22.2. The van der Waals surface area contributed by atoms with Crippen LogP contribution in [-0.2, 0) is 9.59 Å². The monoisotopic (exact) mass is 290 g/mol. The maximum Gasteiger partial charge on any atom is 0.308 e. The third kappa shape index (κ3) is 3.42. The second kappa shape index (κ2) is 6.26. The fourth-order valence-electron chi connectivity index (χ4n) is 2.82. The standard InChI is InChI=1S/C16H22N2O3/c1-10-5-4-6-14(11(10)2)17-15(19)9-18-8-7-13(12(18)3)16(20)21/h4-6,12-13H,7-9H2,1-3H3,(H,17,19)(H,20,21). The van der Waals surface area contributed by atoms with Crippen molar-refractivity contribution in [2.45, 2.75) is 33.2 Å². The SMILES string of the molecule is Cc1cccc(NC(=O)CN2CCC(C(=O)O)C2C)c1C. The summed E-state index contributed by atoms with van der Waals surface area (Å²) in [7, 11) is 0. The summed E-state index contributed by atoms with van der Waals surface area (Å²) in [6, 6.07) is 5.70. The van der Waals surface area contributed by atoms with Gasteiger partial charge in [-0.2, -0.15) is 0 Å². The first-order chi connectivity index (χ1) is 9.90. The van der Waals surface area contributed by atoms with Gasteiger partial charge in [0.05, 0.1) is 12.5 Å². The van der Waals surface area contributed by atoms with Crippen molar-refractivity contribution >= 4 is 17.6 Å². The smallest absolute Gasteiger partial charge is 0.308 e. The van der Waals surface area contributed by atoms with Gasteiger partial charge in [0, 0.05) is 11.7 Å². The van der Waals surface area contributed by atoms with E-state index in [0.29, 0.717) is 13.0 Å². The zero-order chi connectivity index (χ0) is 15.6. The number of nitrogens with one attached hydrogen (secondary N) is 1. The van der Waals surface area contributed by atoms with Crippen LogP contribution in [0.5, 0.6) is 0 Å². The Bertz CT molecular complexity index is 556. The molecule has 1 amide bonds. The highest BCUT2D eigenvalue weighted by atomic mass is 16.4. The van der Waals surface area contributed by atoms with E-state index in [2.05, 4.69) is 5.32 Å². The number of benzene rings is 1. The number of likely N-dealkylation sites (tertiary alicyclic amines) is 1. The van der Waals surface area contributed by atoms with Gasteiger partial charge in [-0.3, -0.25) is 14.5 Å². The second-order valence-electron chi connectivity index (χ2n) is 5.74. The lowest BCUT2D eigenvalue weighted by Gasteiger charge is -2.22. The Hall–Kier alpha value is -1.88. The van der Waals surface area contributed by atoms with Crippen LogP contribution in [0.1, 0.15) is 24.5 Å². The van der Waals surface area contributed by atoms with Gasteiger partial charge in [-0.1, -0.05) is 12.1 Å². The number of hydrogen-bond donors (Lipinski definition) is 2. The summed E-state index contributed by atoms with van der Waals surface area (Å²) in [5.41, 5.74) is 3.01. The summed E-state index contributed by atoms with van der Waals surface area (Å²) in [5.74, 6) is -1.25. The average molecular weight is 290 g/mol. The fourth-order valence-corrected chi connectivity index (χ4v) is 2.82. The second-order valence-corrected chi connectivity index (χ2v) is 5.74. The number of anilines is 1. The molecule has 0 aliphatic carbocycles. The predicted octanol–water partition coefficient (Wildman–Crippen LogP) is 2.04. The van der Waals surface area contributed by atoms with Gasteiger partial charge in [0.1, 0.15) is 0 Å². The minimum Gasteiger partial charge on any atom is -0.481 e. The molecular weight excluding hydrogens is 268 g/mol. The summed E-state index contributed by atoms with van der Waals surface area (Å²) in [5, 5.41) is 12.0. The summed E-state index contributed by atoms with van der Waals surface area (Å²) in [4.78, 5) is 25.2. The first kappa shape index (κ1) is 15.5. The van der Waals surface area contributed by atoms with Gasteiger partial charge in [0.2, 0.25) is 5.91 Å². The molecule has 1 fully saturated rings. The highest BCUT2D eigenvalue weighted by molar-refractivity contribution is 5.93. The van der Waals surface area contributed by atoms with E-state index in [1.165, 1.54) is 0 Å². The van der Waals surface area contributed by atoms with Crippen molar-refractivity contribution in [3.05, 3.63) is 29.3 Å². The van der Waals surface area contributed by atoms with E-state index < -0.39 is 5.97 Å². The highest BCUT2D eigenvalue weighted by Crippen LogP contribution is 2.24. The molecule has 1 aromatic rings. The molecule has 1 heterocycles. The van der Waals surface area contributed by atoms with Crippen LogP contribution in [0, 0.1) is 19.8 Å². The number of carbonyl (C=O) groups is 2. The molecule has 2 rings (SSSR count). The van der Waals surface area contributed by atoms with Gasteiger partial charge >= 0.3 is 5.97 Å². The molecule has 0 spiro atoms. The van der Waals surface area contributed by atoms with E-state index in [1.54, 1.807) is 0 Å². The number of carboxylic acid groups (broad SMARTS) is 1. The maximum absolute atomic E-state index is 12.2. The molecule has 5 nitrogen and oxygen atoms in total. The lowest BCUT2D eigenvalue weighted by atomic mass is 10.0. The molecule has 0 saturated carbocycles. The van der Waals surface area contributed by atoms with Gasteiger partial charge in [0.15, 0.2) is 0 Å². The van der Waals surface area contributed by atoms with Crippen molar-refractivity contribution in [3.63, 3.8) is 0 Å². The van der Waals surface area contributed by atoms with Crippen molar-refractivity contribution in [1.82, 2.24) is 4.90 Å². The number of aliphatic carboxylic acids is 1.